The van der Waals surface area contributed by atoms with Gasteiger partial charge in [0.15, 0.2) is 11.5 Å². The van der Waals surface area contributed by atoms with Crippen molar-refractivity contribution in [2.24, 2.45) is 0 Å². The summed E-state index contributed by atoms with van der Waals surface area (Å²) in [6, 6.07) is 15.0. The van der Waals surface area contributed by atoms with Crippen molar-refractivity contribution in [3.63, 3.8) is 0 Å². The summed E-state index contributed by atoms with van der Waals surface area (Å²) in [6.45, 7) is 4.25. The molecule has 6 heteroatoms. The van der Waals surface area contributed by atoms with Crippen LogP contribution in [0.4, 0.5) is 0 Å². The first kappa shape index (κ1) is 20.8. The minimum absolute atomic E-state index is 0.0289. The van der Waals surface area contributed by atoms with Crippen molar-refractivity contribution >= 4 is 34.6 Å². The summed E-state index contributed by atoms with van der Waals surface area (Å²) in [5.74, 6) is 0.793. The second kappa shape index (κ2) is 9.97. The van der Waals surface area contributed by atoms with Crippen molar-refractivity contribution < 1.29 is 14.3 Å². The average molecular weight is 476 g/mol. The monoisotopic (exact) mass is 476 g/mol. The van der Waals surface area contributed by atoms with Gasteiger partial charge in [-0.05, 0) is 65.8 Å². The number of nitriles is 1. The Morgan fingerprint density at radius 2 is 2.04 bits per heavy atom. The highest BCUT2D eigenvalue weighted by molar-refractivity contribution is 14.1. The average Bonchev–Trinajstić information content (AvgIpc) is 2.66. The Balaban J connectivity index is 2.27. The lowest BCUT2D eigenvalue weighted by Gasteiger charge is -2.14. The Morgan fingerprint density at radius 1 is 1.33 bits per heavy atom. The second-order valence-electron chi connectivity index (χ2n) is 5.74. The lowest BCUT2D eigenvalue weighted by Crippen LogP contribution is -2.27. The molecule has 0 saturated carbocycles. The van der Waals surface area contributed by atoms with E-state index in [0.29, 0.717) is 23.7 Å². The van der Waals surface area contributed by atoms with Crippen molar-refractivity contribution in [2.75, 3.05) is 13.7 Å². The van der Waals surface area contributed by atoms with Gasteiger partial charge < -0.3 is 14.8 Å². The normalized spacial score (nSPS) is 12.0. The van der Waals surface area contributed by atoms with Crippen LogP contribution >= 0.6 is 22.6 Å². The van der Waals surface area contributed by atoms with Gasteiger partial charge in [-0.15, -0.1) is 0 Å². The third-order valence-corrected chi connectivity index (χ3v) is 4.66. The van der Waals surface area contributed by atoms with Crippen LogP contribution in [0.15, 0.2) is 48.0 Å². The number of hydrogen-bond donors (Lipinski definition) is 1. The van der Waals surface area contributed by atoms with Gasteiger partial charge in [0.2, 0.25) is 0 Å². The number of carbonyl (C=O) groups is 1. The minimum atomic E-state index is -0.419. The summed E-state index contributed by atoms with van der Waals surface area (Å²) < 4.78 is 11.8. The number of hydrogen-bond acceptors (Lipinski definition) is 4. The molecule has 0 fully saturated rings. The van der Waals surface area contributed by atoms with Crippen molar-refractivity contribution in [1.29, 1.82) is 5.26 Å². The SMILES string of the molecule is CCOc1cc(/C=C(/C#N)C(=O)N[C@H](C)c2ccccc2)cc(I)c1OC. The first-order valence-corrected chi connectivity index (χ1v) is 9.56. The Labute approximate surface area is 173 Å². The molecule has 2 aromatic rings. The molecule has 0 aromatic heterocycles. The van der Waals surface area contributed by atoms with E-state index in [9.17, 15) is 10.1 Å². The molecule has 2 aromatic carbocycles. The summed E-state index contributed by atoms with van der Waals surface area (Å²) >= 11 is 2.14. The number of carbonyl (C=O) groups excluding carboxylic acids is 1. The molecule has 2 rings (SSSR count). The zero-order valence-electron chi connectivity index (χ0n) is 15.5. The molecule has 5 nitrogen and oxygen atoms in total. The molecule has 0 aliphatic rings. The highest BCUT2D eigenvalue weighted by Crippen LogP contribution is 2.34. The maximum absolute atomic E-state index is 12.5. The van der Waals surface area contributed by atoms with Gasteiger partial charge in [-0.2, -0.15) is 5.26 Å². The molecule has 0 bridgehead atoms. The molecule has 0 aliphatic carbocycles. The molecule has 0 unspecified atom stereocenters. The highest BCUT2D eigenvalue weighted by Gasteiger charge is 2.15. The van der Waals surface area contributed by atoms with Gasteiger partial charge in [-0.3, -0.25) is 4.79 Å². The quantitative estimate of drug-likeness (QED) is 0.364. The molecule has 0 radical (unpaired) electrons. The van der Waals surface area contributed by atoms with E-state index in [1.165, 1.54) is 0 Å². The topological polar surface area (TPSA) is 71.3 Å². The number of ether oxygens (including phenoxy) is 2. The molecular weight excluding hydrogens is 455 g/mol. The summed E-state index contributed by atoms with van der Waals surface area (Å²) in [4.78, 5) is 12.5. The third kappa shape index (κ3) is 5.47. The second-order valence-corrected chi connectivity index (χ2v) is 6.90. The van der Waals surface area contributed by atoms with Crippen LogP contribution in [0.5, 0.6) is 11.5 Å². The van der Waals surface area contributed by atoms with E-state index in [4.69, 9.17) is 9.47 Å². The first-order valence-electron chi connectivity index (χ1n) is 8.48. The van der Waals surface area contributed by atoms with E-state index < -0.39 is 5.91 Å². The van der Waals surface area contributed by atoms with Crippen LogP contribution in [0, 0.1) is 14.9 Å². The molecule has 1 amide bonds. The number of rotatable bonds is 7. The Bertz CT molecular complexity index is 873. The first-order chi connectivity index (χ1) is 13.0. The Morgan fingerprint density at radius 3 is 2.63 bits per heavy atom. The summed E-state index contributed by atoms with van der Waals surface area (Å²) in [5.41, 5.74) is 1.70. The Kier molecular flexibility index (Phi) is 7.67. The van der Waals surface area contributed by atoms with E-state index in [2.05, 4.69) is 27.9 Å². The van der Waals surface area contributed by atoms with Crippen LogP contribution in [-0.2, 0) is 4.79 Å². The van der Waals surface area contributed by atoms with E-state index in [-0.39, 0.29) is 11.6 Å². The van der Waals surface area contributed by atoms with Gasteiger partial charge in [0.1, 0.15) is 11.6 Å². The van der Waals surface area contributed by atoms with Crippen molar-refractivity contribution in [2.45, 2.75) is 19.9 Å². The fourth-order valence-corrected chi connectivity index (χ4v) is 3.39. The highest BCUT2D eigenvalue weighted by atomic mass is 127. The van der Waals surface area contributed by atoms with Crippen molar-refractivity contribution in [3.05, 3.63) is 62.7 Å². The van der Waals surface area contributed by atoms with Gasteiger partial charge in [0.25, 0.3) is 5.91 Å². The predicted molar refractivity (Wildman–Crippen MR) is 113 cm³/mol. The van der Waals surface area contributed by atoms with E-state index in [0.717, 1.165) is 9.13 Å². The smallest absolute Gasteiger partial charge is 0.262 e. The molecule has 1 atom stereocenters. The summed E-state index contributed by atoms with van der Waals surface area (Å²) in [5, 5.41) is 12.3. The molecule has 0 aliphatic heterocycles. The van der Waals surface area contributed by atoms with Gasteiger partial charge in [-0.25, -0.2) is 0 Å². The zero-order chi connectivity index (χ0) is 19.8. The number of methoxy groups -OCH3 is 1. The standard InChI is InChI=1S/C21H21IN2O3/c1-4-27-19-12-15(11-18(22)20(19)26-3)10-17(13-23)21(25)24-14(2)16-8-6-5-7-9-16/h5-12,14H,4H2,1-3H3,(H,24,25)/b17-10-/t14-/m1/s1. The van der Waals surface area contributed by atoms with Gasteiger partial charge >= 0.3 is 0 Å². The van der Waals surface area contributed by atoms with Crippen molar-refractivity contribution in [3.8, 4) is 17.6 Å². The van der Waals surface area contributed by atoms with E-state index >= 15 is 0 Å². The molecule has 1 N–H and O–H groups in total. The van der Waals surface area contributed by atoms with Crippen LogP contribution < -0.4 is 14.8 Å². The maximum Gasteiger partial charge on any atom is 0.262 e. The van der Waals surface area contributed by atoms with Gasteiger partial charge in [0.05, 0.1) is 23.3 Å². The van der Waals surface area contributed by atoms with Crippen LogP contribution in [0.3, 0.4) is 0 Å². The van der Waals surface area contributed by atoms with Crippen LogP contribution in [0.1, 0.15) is 31.0 Å². The minimum Gasteiger partial charge on any atom is -0.492 e. The summed E-state index contributed by atoms with van der Waals surface area (Å²) in [7, 11) is 1.58. The number of nitrogens with one attached hydrogen (secondary N) is 1. The molecule has 0 heterocycles. The van der Waals surface area contributed by atoms with Crippen LogP contribution in [0.2, 0.25) is 0 Å². The van der Waals surface area contributed by atoms with Gasteiger partial charge in [-0.1, -0.05) is 30.3 Å². The van der Waals surface area contributed by atoms with Crippen LogP contribution in [0.25, 0.3) is 6.08 Å². The number of benzene rings is 2. The summed E-state index contributed by atoms with van der Waals surface area (Å²) in [6.07, 6.45) is 1.55. The van der Waals surface area contributed by atoms with Crippen LogP contribution in [-0.4, -0.2) is 19.6 Å². The molecule has 0 saturated heterocycles. The molecule has 140 valence electrons. The lowest BCUT2D eigenvalue weighted by molar-refractivity contribution is -0.117. The third-order valence-electron chi connectivity index (χ3n) is 3.86. The van der Waals surface area contributed by atoms with E-state index in [1.807, 2.05) is 56.3 Å². The number of amides is 1. The predicted octanol–water partition coefficient (Wildman–Crippen LogP) is 4.48. The maximum atomic E-state index is 12.5. The molecule has 0 spiro atoms. The van der Waals surface area contributed by atoms with Crippen molar-refractivity contribution in [1.82, 2.24) is 5.32 Å². The fraction of sp³-hybridized carbons (Fsp3) is 0.238. The van der Waals surface area contributed by atoms with E-state index in [1.54, 1.807) is 19.3 Å². The van der Waals surface area contributed by atoms with Gasteiger partial charge in [0, 0.05) is 0 Å². The lowest BCUT2D eigenvalue weighted by atomic mass is 10.1. The molecule has 27 heavy (non-hydrogen) atoms. The zero-order valence-corrected chi connectivity index (χ0v) is 17.6. The fourth-order valence-electron chi connectivity index (χ4n) is 2.55. The Hall–Kier alpha value is -2.53. The number of nitrogens with zero attached hydrogens (tertiary/aromatic N) is 1. The number of halogens is 1. The molecular formula is C21H21IN2O3. The largest absolute Gasteiger partial charge is 0.492 e.